The van der Waals surface area contributed by atoms with E-state index in [1.807, 2.05) is 36.4 Å². The van der Waals surface area contributed by atoms with Crippen molar-refractivity contribution in [3.05, 3.63) is 188 Å². The zero-order valence-electron chi connectivity index (χ0n) is 29.1. The predicted molar refractivity (Wildman–Crippen MR) is 221 cm³/mol. The van der Waals surface area contributed by atoms with Crippen LogP contribution in [0.15, 0.2) is 197 Å². The number of hydrogen-bond donors (Lipinski definition) is 0. The van der Waals surface area contributed by atoms with Crippen LogP contribution in [0, 0.1) is 0 Å². The number of furan rings is 1. The maximum atomic E-state index is 6.62. The van der Waals surface area contributed by atoms with Crippen molar-refractivity contribution in [1.29, 1.82) is 0 Å². The van der Waals surface area contributed by atoms with Gasteiger partial charge in [0.1, 0.15) is 16.7 Å². The highest BCUT2D eigenvalue weighted by atomic mass is 16.4. The molecule has 0 saturated carbocycles. The zero-order chi connectivity index (χ0) is 35.6. The number of aromatic nitrogens is 2. The molecule has 5 heteroatoms. The van der Waals surface area contributed by atoms with Crippen LogP contribution in [0.2, 0.25) is 0 Å². The third kappa shape index (κ3) is 4.83. The molecule has 0 saturated heterocycles. The van der Waals surface area contributed by atoms with Crippen LogP contribution < -0.4 is 4.90 Å². The molecule has 11 rings (SSSR count). The Kier molecular flexibility index (Phi) is 6.79. The summed E-state index contributed by atoms with van der Waals surface area (Å²) >= 11 is 0. The summed E-state index contributed by atoms with van der Waals surface area (Å²) in [6.07, 6.45) is 0. The lowest BCUT2D eigenvalue weighted by Gasteiger charge is -2.26. The third-order valence-electron chi connectivity index (χ3n) is 10.4. The van der Waals surface area contributed by atoms with E-state index in [9.17, 15) is 0 Å². The zero-order valence-corrected chi connectivity index (χ0v) is 29.1. The summed E-state index contributed by atoms with van der Waals surface area (Å²) in [4.78, 5) is 7.18. The molecule has 0 fully saturated rings. The molecule has 3 aromatic heterocycles. The largest absolute Gasteiger partial charge is 0.456 e. The van der Waals surface area contributed by atoms with Gasteiger partial charge in [-0.3, -0.25) is 0 Å². The van der Waals surface area contributed by atoms with E-state index in [1.54, 1.807) is 0 Å². The molecule has 5 nitrogen and oxygen atoms in total. The fourth-order valence-corrected chi connectivity index (χ4v) is 7.93. The highest BCUT2D eigenvalue weighted by molar-refractivity contribution is 6.17. The highest BCUT2D eigenvalue weighted by Crippen LogP contribution is 2.45. The van der Waals surface area contributed by atoms with Crippen LogP contribution in [0.4, 0.5) is 17.1 Å². The molecule has 0 N–H and O–H groups in total. The molecule has 0 aliphatic heterocycles. The lowest BCUT2D eigenvalue weighted by Crippen LogP contribution is -2.10. The lowest BCUT2D eigenvalue weighted by molar-refractivity contribution is 0.617. The van der Waals surface area contributed by atoms with Crippen molar-refractivity contribution in [3.8, 4) is 28.3 Å². The third-order valence-corrected chi connectivity index (χ3v) is 10.4. The molecule has 11 aromatic rings. The topological polar surface area (TPSA) is 47.3 Å². The molecule has 3 heterocycles. The summed E-state index contributed by atoms with van der Waals surface area (Å²) in [6, 6.07) is 65.8. The molecule has 0 atom stereocenters. The Bertz CT molecular complexity index is 3140. The van der Waals surface area contributed by atoms with Gasteiger partial charge in [0.15, 0.2) is 5.58 Å². The number of para-hydroxylation sites is 2. The van der Waals surface area contributed by atoms with Gasteiger partial charge in [0.25, 0.3) is 0 Å². The smallest absolute Gasteiger partial charge is 0.227 e. The number of fused-ring (bicyclic) bond motifs is 7. The molecule has 8 aromatic carbocycles. The SMILES string of the molecule is c1ccc(-c2ccc(N(c3ccc4c(c3)oc3cc5oc(-c6ccccc6)nc5cc34)c3cccc4c3c3ccccc3n4-c3ccccc3)cc2)cc1. The average molecular weight is 694 g/mol. The van der Waals surface area contributed by atoms with Crippen LogP contribution in [0.1, 0.15) is 0 Å². The summed E-state index contributed by atoms with van der Waals surface area (Å²) in [5, 5.41) is 4.39. The fourth-order valence-electron chi connectivity index (χ4n) is 7.93. The second kappa shape index (κ2) is 12.1. The van der Waals surface area contributed by atoms with Crippen molar-refractivity contribution in [2.45, 2.75) is 0 Å². The Balaban J connectivity index is 1.11. The molecular formula is C49H31N3O2. The van der Waals surface area contributed by atoms with Crippen molar-refractivity contribution in [3.63, 3.8) is 0 Å². The van der Waals surface area contributed by atoms with Gasteiger partial charge in [-0.15, -0.1) is 0 Å². The first-order valence-electron chi connectivity index (χ1n) is 18.1. The number of rotatable bonds is 6. The van der Waals surface area contributed by atoms with Crippen molar-refractivity contribution >= 4 is 71.9 Å². The maximum absolute atomic E-state index is 6.62. The Hall–Kier alpha value is -7.37. The first kappa shape index (κ1) is 30.3. The van der Waals surface area contributed by atoms with E-state index in [0.717, 1.165) is 66.8 Å². The van der Waals surface area contributed by atoms with E-state index in [-0.39, 0.29) is 0 Å². The number of oxazole rings is 1. The van der Waals surface area contributed by atoms with Crippen molar-refractivity contribution in [2.24, 2.45) is 0 Å². The quantitative estimate of drug-likeness (QED) is 0.174. The molecule has 0 radical (unpaired) electrons. The Morgan fingerprint density at radius 3 is 1.87 bits per heavy atom. The van der Waals surface area contributed by atoms with Crippen LogP contribution in [0.3, 0.4) is 0 Å². The second-order valence-corrected chi connectivity index (χ2v) is 13.6. The Labute approximate surface area is 310 Å². The van der Waals surface area contributed by atoms with Gasteiger partial charge in [0.05, 0.1) is 16.7 Å². The minimum atomic E-state index is 0.599. The van der Waals surface area contributed by atoms with Gasteiger partial charge < -0.3 is 18.3 Å². The van der Waals surface area contributed by atoms with Crippen LogP contribution in [-0.4, -0.2) is 9.55 Å². The van der Waals surface area contributed by atoms with Crippen molar-refractivity contribution in [2.75, 3.05) is 4.90 Å². The summed E-state index contributed by atoms with van der Waals surface area (Å²) in [5.41, 5.74) is 12.9. The van der Waals surface area contributed by atoms with Crippen LogP contribution in [0.25, 0.3) is 83.1 Å². The van der Waals surface area contributed by atoms with Gasteiger partial charge in [0, 0.05) is 56.3 Å². The van der Waals surface area contributed by atoms with Gasteiger partial charge in [-0.25, -0.2) is 4.98 Å². The van der Waals surface area contributed by atoms with E-state index in [4.69, 9.17) is 13.8 Å². The maximum Gasteiger partial charge on any atom is 0.227 e. The molecular weight excluding hydrogens is 663 g/mol. The predicted octanol–water partition coefficient (Wildman–Crippen LogP) is 13.6. The Morgan fingerprint density at radius 2 is 1.07 bits per heavy atom. The summed E-state index contributed by atoms with van der Waals surface area (Å²) < 4.78 is 15.2. The van der Waals surface area contributed by atoms with Crippen molar-refractivity contribution in [1.82, 2.24) is 9.55 Å². The second-order valence-electron chi connectivity index (χ2n) is 13.6. The number of benzene rings is 8. The number of hydrogen-bond acceptors (Lipinski definition) is 4. The highest BCUT2D eigenvalue weighted by Gasteiger charge is 2.22. The summed E-state index contributed by atoms with van der Waals surface area (Å²) in [6.45, 7) is 0. The standard InChI is InChI=1S/C49H31N3O2/c1-4-13-32(14-5-1)33-23-25-36(26-24-33)51(43-21-12-22-44-48(43)39-19-10-11-20-42(39)52(44)35-17-8-3-9-18-35)37-27-28-38-40-30-41-47(31-46(40)53-45(38)29-37)54-49(50-41)34-15-6-2-7-16-34/h1-31H. The fraction of sp³-hybridized carbons (Fsp3) is 0. The molecule has 0 aliphatic carbocycles. The number of anilines is 3. The minimum Gasteiger partial charge on any atom is -0.456 e. The molecule has 0 unspecified atom stereocenters. The normalized spacial score (nSPS) is 11.7. The van der Waals surface area contributed by atoms with Gasteiger partial charge in [-0.1, -0.05) is 103 Å². The Morgan fingerprint density at radius 1 is 0.426 bits per heavy atom. The number of nitrogens with zero attached hydrogens (tertiary/aromatic N) is 3. The van der Waals surface area contributed by atoms with E-state index < -0.39 is 0 Å². The lowest BCUT2D eigenvalue weighted by atomic mass is 10.0. The monoisotopic (exact) mass is 693 g/mol. The molecule has 0 bridgehead atoms. The molecule has 0 amide bonds. The van der Waals surface area contributed by atoms with Crippen LogP contribution >= 0.6 is 0 Å². The molecule has 54 heavy (non-hydrogen) atoms. The van der Waals surface area contributed by atoms with E-state index in [2.05, 4.69) is 161 Å². The molecule has 254 valence electrons. The minimum absolute atomic E-state index is 0.599. The van der Waals surface area contributed by atoms with Crippen LogP contribution in [-0.2, 0) is 0 Å². The first-order valence-corrected chi connectivity index (χ1v) is 18.1. The average Bonchev–Trinajstić information content (AvgIpc) is 3.92. The van der Waals surface area contributed by atoms with Gasteiger partial charge >= 0.3 is 0 Å². The van der Waals surface area contributed by atoms with Gasteiger partial charge in [-0.05, 0) is 83.9 Å². The first-order chi connectivity index (χ1) is 26.8. The molecule has 0 spiro atoms. The van der Waals surface area contributed by atoms with E-state index >= 15 is 0 Å². The van der Waals surface area contributed by atoms with Crippen molar-refractivity contribution < 1.29 is 8.83 Å². The van der Waals surface area contributed by atoms with Crippen LogP contribution in [0.5, 0.6) is 0 Å². The van der Waals surface area contributed by atoms with Gasteiger partial charge in [0.2, 0.25) is 5.89 Å². The summed E-state index contributed by atoms with van der Waals surface area (Å²) in [7, 11) is 0. The summed E-state index contributed by atoms with van der Waals surface area (Å²) in [5.74, 6) is 0.599. The van der Waals surface area contributed by atoms with E-state index in [0.29, 0.717) is 11.5 Å². The van der Waals surface area contributed by atoms with E-state index in [1.165, 1.54) is 21.9 Å². The molecule has 0 aliphatic rings. The van der Waals surface area contributed by atoms with Gasteiger partial charge in [-0.2, -0.15) is 0 Å².